The van der Waals surface area contributed by atoms with Crippen LogP contribution in [-0.4, -0.2) is 4.83 Å². The van der Waals surface area contributed by atoms with Gasteiger partial charge in [-0.15, -0.1) is 0 Å². The minimum atomic E-state index is 0.604. The fraction of sp³-hybridized carbons (Fsp3) is 0.684. The van der Waals surface area contributed by atoms with E-state index in [9.17, 15) is 0 Å². The third-order valence-corrected chi connectivity index (χ3v) is 7.05. The summed E-state index contributed by atoms with van der Waals surface area (Å²) in [5, 5.41) is 0.863. The average molecular weight is 368 g/mol. The topological polar surface area (TPSA) is 0 Å². The van der Waals surface area contributed by atoms with Crippen LogP contribution >= 0.6 is 27.5 Å². The van der Waals surface area contributed by atoms with E-state index >= 15 is 0 Å². The molecule has 4 aliphatic carbocycles. The fourth-order valence-corrected chi connectivity index (χ4v) is 7.28. The molecular formula is C19H24BrCl. The van der Waals surface area contributed by atoms with Gasteiger partial charge in [0, 0.05) is 9.85 Å². The van der Waals surface area contributed by atoms with Gasteiger partial charge in [-0.1, -0.05) is 39.7 Å². The fourth-order valence-electron chi connectivity index (χ4n) is 6.00. The van der Waals surface area contributed by atoms with Gasteiger partial charge in [-0.05, 0) is 92.2 Å². The minimum Gasteiger partial charge on any atom is -0.0887 e. The van der Waals surface area contributed by atoms with Crippen molar-refractivity contribution in [3.05, 3.63) is 34.9 Å². The van der Waals surface area contributed by atoms with Crippen LogP contribution in [-0.2, 0) is 6.42 Å². The molecule has 21 heavy (non-hydrogen) atoms. The molecule has 1 aromatic carbocycles. The summed E-state index contributed by atoms with van der Waals surface area (Å²) in [6.45, 7) is 0. The lowest BCUT2D eigenvalue weighted by atomic mass is 9.48. The molecule has 4 fully saturated rings. The lowest BCUT2D eigenvalue weighted by Gasteiger charge is -2.57. The summed E-state index contributed by atoms with van der Waals surface area (Å²) in [4.78, 5) is 0.604. The second kappa shape index (κ2) is 5.57. The lowest BCUT2D eigenvalue weighted by Crippen LogP contribution is -2.47. The van der Waals surface area contributed by atoms with Gasteiger partial charge in [-0.3, -0.25) is 0 Å². The summed E-state index contributed by atoms with van der Waals surface area (Å²) in [5.74, 6) is 3.17. The average Bonchev–Trinajstić information content (AvgIpc) is 2.35. The lowest BCUT2D eigenvalue weighted by molar-refractivity contribution is -0.0569. The molecule has 4 bridgehead atoms. The monoisotopic (exact) mass is 366 g/mol. The Balaban J connectivity index is 1.43. The van der Waals surface area contributed by atoms with Crippen molar-refractivity contribution in [2.45, 2.75) is 56.2 Å². The number of hydrogen-bond donors (Lipinski definition) is 0. The molecule has 0 saturated heterocycles. The molecular weight excluding hydrogens is 344 g/mol. The number of rotatable bonds is 4. The zero-order valence-electron chi connectivity index (χ0n) is 12.5. The largest absolute Gasteiger partial charge is 0.0887 e. The first-order valence-corrected chi connectivity index (χ1v) is 9.78. The van der Waals surface area contributed by atoms with Crippen molar-refractivity contribution in [2.24, 2.45) is 23.2 Å². The van der Waals surface area contributed by atoms with Crippen LogP contribution in [0.5, 0.6) is 0 Å². The predicted octanol–water partition coefficient (Wildman–Crippen LogP) is 6.25. The highest BCUT2D eigenvalue weighted by Gasteiger charge is 2.50. The quantitative estimate of drug-likeness (QED) is 0.551. The van der Waals surface area contributed by atoms with Crippen LogP contribution in [0.4, 0.5) is 0 Å². The Morgan fingerprint density at radius 2 is 1.71 bits per heavy atom. The Labute approximate surface area is 141 Å². The van der Waals surface area contributed by atoms with Crippen LogP contribution in [0.2, 0.25) is 5.02 Å². The SMILES string of the molecule is Clc1cccc(CC(Br)CC23CC4CC(CC(C4)C2)C3)c1. The Morgan fingerprint density at radius 3 is 2.29 bits per heavy atom. The Hall–Kier alpha value is -0.0100. The van der Waals surface area contributed by atoms with E-state index in [4.69, 9.17) is 11.6 Å². The highest BCUT2D eigenvalue weighted by Crippen LogP contribution is 2.62. The zero-order chi connectivity index (χ0) is 14.4. The molecule has 0 amide bonds. The van der Waals surface area contributed by atoms with Gasteiger partial charge in [0.2, 0.25) is 0 Å². The first-order valence-electron chi connectivity index (χ1n) is 8.49. The van der Waals surface area contributed by atoms with E-state index in [1.807, 2.05) is 6.07 Å². The van der Waals surface area contributed by atoms with Gasteiger partial charge >= 0.3 is 0 Å². The highest BCUT2D eigenvalue weighted by molar-refractivity contribution is 9.09. The van der Waals surface area contributed by atoms with Gasteiger partial charge < -0.3 is 0 Å². The molecule has 4 aliphatic rings. The van der Waals surface area contributed by atoms with Crippen LogP contribution in [0.15, 0.2) is 24.3 Å². The van der Waals surface area contributed by atoms with E-state index in [2.05, 4.69) is 34.1 Å². The van der Waals surface area contributed by atoms with Crippen molar-refractivity contribution in [2.75, 3.05) is 0 Å². The van der Waals surface area contributed by atoms with E-state index in [-0.39, 0.29) is 0 Å². The Bertz CT molecular complexity index is 489. The summed E-state index contributed by atoms with van der Waals surface area (Å²) in [7, 11) is 0. The molecule has 0 N–H and O–H groups in total. The summed E-state index contributed by atoms with van der Waals surface area (Å²) >= 11 is 10.1. The molecule has 4 saturated carbocycles. The van der Waals surface area contributed by atoms with Gasteiger partial charge in [0.1, 0.15) is 0 Å². The molecule has 0 radical (unpaired) electrons. The van der Waals surface area contributed by atoms with Gasteiger partial charge in [-0.2, -0.15) is 0 Å². The second-order valence-electron chi connectivity index (χ2n) is 8.05. The molecule has 1 aromatic rings. The molecule has 1 atom stereocenters. The smallest absolute Gasteiger partial charge is 0.0408 e. The maximum atomic E-state index is 6.11. The number of halogens is 2. The number of hydrogen-bond acceptors (Lipinski definition) is 0. The summed E-state index contributed by atoms with van der Waals surface area (Å²) in [6.07, 6.45) is 11.6. The molecule has 2 heteroatoms. The van der Waals surface area contributed by atoms with E-state index < -0.39 is 0 Å². The molecule has 0 aromatic heterocycles. The number of benzene rings is 1. The van der Waals surface area contributed by atoms with Crippen molar-refractivity contribution in [3.8, 4) is 0 Å². The van der Waals surface area contributed by atoms with Crippen molar-refractivity contribution >= 4 is 27.5 Å². The highest BCUT2D eigenvalue weighted by atomic mass is 79.9. The van der Waals surface area contributed by atoms with E-state index in [0.717, 1.165) is 29.2 Å². The van der Waals surface area contributed by atoms with Gasteiger partial charge in [0.25, 0.3) is 0 Å². The maximum Gasteiger partial charge on any atom is 0.0408 e. The Kier molecular flexibility index (Phi) is 3.86. The Morgan fingerprint density at radius 1 is 1.10 bits per heavy atom. The van der Waals surface area contributed by atoms with Gasteiger partial charge in [0.15, 0.2) is 0 Å². The molecule has 5 rings (SSSR count). The molecule has 0 spiro atoms. The molecule has 0 nitrogen and oxygen atoms in total. The molecule has 114 valence electrons. The van der Waals surface area contributed by atoms with Crippen LogP contribution in [0.25, 0.3) is 0 Å². The summed E-state index contributed by atoms with van der Waals surface area (Å²) in [6, 6.07) is 8.37. The zero-order valence-corrected chi connectivity index (χ0v) is 14.9. The predicted molar refractivity (Wildman–Crippen MR) is 93.1 cm³/mol. The maximum absolute atomic E-state index is 6.11. The number of alkyl halides is 1. The molecule has 0 heterocycles. The van der Waals surface area contributed by atoms with E-state index in [1.165, 1.54) is 31.2 Å². The van der Waals surface area contributed by atoms with Crippen LogP contribution in [0.1, 0.15) is 50.5 Å². The van der Waals surface area contributed by atoms with Gasteiger partial charge in [0.05, 0.1) is 0 Å². The van der Waals surface area contributed by atoms with Gasteiger partial charge in [-0.25, -0.2) is 0 Å². The van der Waals surface area contributed by atoms with Crippen molar-refractivity contribution < 1.29 is 0 Å². The normalized spacial score (nSPS) is 38.7. The van der Waals surface area contributed by atoms with Crippen molar-refractivity contribution in [3.63, 3.8) is 0 Å². The molecule has 0 aliphatic heterocycles. The first-order chi connectivity index (χ1) is 10.1. The summed E-state index contributed by atoms with van der Waals surface area (Å²) in [5.41, 5.74) is 2.04. The summed E-state index contributed by atoms with van der Waals surface area (Å²) < 4.78 is 0. The standard InChI is InChI=1S/C19H24BrCl/c20-17(7-13-2-1-3-18(21)8-13)12-19-9-14-4-15(10-19)6-16(5-14)11-19/h1-3,8,14-17H,4-7,9-12H2. The third kappa shape index (κ3) is 3.06. The third-order valence-electron chi connectivity index (χ3n) is 6.17. The molecule has 1 unspecified atom stereocenters. The first kappa shape index (κ1) is 14.6. The van der Waals surface area contributed by atoms with Crippen molar-refractivity contribution in [1.29, 1.82) is 0 Å². The van der Waals surface area contributed by atoms with E-state index in [1.54, 1.807) is 19.3 Å². The minimum absolute atomic E-state index is 0.604. The van der Waals surface area contributed by atoms with Crippen molar-refractivity contribution in [1.82, 2.24) is 0 Å². The van der Waals surface area contributed by atoms with Crippen LogP contribution in [0, 0.1) is 23.2 Å². The van der Waals surface area contributed by atoms with Crippen LogP contribution < -0.4 is 0 Å². The second-order valence-corrected chi connectivity index (χ2v) is 9.78. The van der Waals surface area contributed by atoms with Crippen LogP contribution in [0.3, 0.4) is 0 Å². The van der Waals surface area contributed by atoms with E-state index in [0.29, 0.717) is 10.2 Å².